The summed E-state index contributed by atoms with van der Waals surface area (Å²) in [4.78, 5) is 49.3. The van der Waals surface area contributed by atoms with Gasteiger partial charge in [-0.2, -0.15) is 10.5 Å². The van der Waals surface area contributed by atoms with E-state index in [1.165, 1.54) is 24.3 Å². The Balaban J connectivity index is 0.000000149. The topological polar surface area (TPSA) is 217 Å². The molecule has 14 nitrogen and oxygen atoms in total. The molecule has 12 aromatic carbocycles. The molecule has 4 heterocycles. The van der Waals surface area contributed by atoms with E-state index in [4.69, 9.17) is 70.4 Å². The van der Waals surface area contributed by atoms with Crippen molar-refractivity contribution in [2.45, 2.75) is 0 Å². The molecule has 0 amide bonds. The number of para-hydroxylation sites is 4. The molecule has 16 rings (SSSR count). The molecule has 0 spiro atoms. The lowest BCUT2D eigenvalue weighted by Gasteiger charge is -2.12. The van der Waals surface area contributed by atoms with Gasteiger partial charge >= 0.3 is 7.12 Å². The Hall–Kier alpha value is -13.2. The number of halogens is 1. The van der Waals surface area contributed by atoms with Gasteiger partial charge < -0.3 is 10.0 Å². The first-order chi connectivity index (χ1) is 49.2. The molecule has 0 radical (unpaired) electrons. The molecule has 0 unspecified atom stereocenters. The van der Waals surface area contributed by atoms with Gasteiger partial charge in [-0.05, 0) is 77.3 Å². The van der Waals surface area contributed by atoms with Gasteiger partial charge in [-0.15, -0.1) is 0 Å². The lowest BCUT2D eigenvalue weighted by molar-refractivity contribution is 0.426. The zero-order valence-electron chi connectivity index (χ0n) is 53.2. The number of nitriles is 2. The second kappa shape index (κ2) is 29.8. The summed E-state index contributed by atoms with van der Waals surface area (Å²) in [6, 6.07) is 106. The van der Waals surface area contributed by atoms with Crippen LogP contribution >= 0.6 is 15.9 Å². The van der Waals surface area contributed by atoms with Gasteiger partial charge in [0.05, 0.1) is 68.1 Å². The molecule has 0 aliphatic rings. The first-order valence-electron chi connectivity index (χ1n) is 31.9. The first-order valence-corrected chi connectivity index (χ1v) is 32.7. The average Bonchev–Trinajstić information content (AvgIpc) is 0.797. The fourth-order valence-electron chi connectivity index (χ4n) is 11.1. The van der Waals surface area contributed by atoms with Crippen molar-refractivity contribution < 1.29 is 10.0 Å². The summed E-state index contributed by atoms with van der Waals surface area (Å²) in [6.45, 7) is 0. The van der Waals surface area contributed by atoms with Crippen molar-refractivity contribution in [2.75, 3.05) is 0 Å². The molecule has 16 aromatic rings. The molecule has 16 heteroatoms. The van der Waals surface area contributed by atoms with Crippen molar-refractivity contribution in [3.05, 3.63) is 331 Å². The van der Waals surface area contributed by atoms with E-state index in [0.29, 0.717) is 51.5 Å². The highest BCUT2D eigenvalue weighted by atomic mass is 79.9. The van der Waals surface area contributed by atoms with Crippen LogP contribution in [0.5, 0.6) is 0 Å². The van der Waals surface area contributed by atoms with Gasteiger partial charge in [-0.25, -0.2) is 49.8 Å². The van der Waals surface area contributed by atoms with E-state index in [1.54, 1.807) is 0 Å². The Morgan fingerprint density at radius 1 is 0.230 bits per heavy atom. The zero-order chi connectivity index (χ0) is 68.2. The molecule has 100 heavy (non-hydrogen) atoms. The third-order valence-electron chi connectivity index (χ3n) is 16.3. The second-order valence-corrected chi connectivity index (χ2v) is 23.8. The predicted molar refractivity (Wildman–Crippen MR) is 399 cm³/mol. The molecule has 2 N–H and O–H groups in total. The van der Waals surface area contributed by atoms with Crippen LogP contribution < -0.4 is 5.46 Å². The molecule has 0 saturated carbocycles. The number of nitrogens with zero attached hydrogens (tertiary/aromatic N) is 12. The number of fused-ring (bicyclic) bond motifs is 2. The van der Waals surface area contributed by atoms with Gasteiger partial charge in [-0.1, -0.05) is 271 Å². The van der Waals surface area contributed by atoms with Gasteiger partial charge in [-0.3, -0.25) is 0 Å². The van der Waals surface area contributed by atoms with Crippen LogP contribution in [0, 0.1) is 22.7 Å². The quantitative estimate of drug-likeness (QED) is 0.109. The summed E-state index contributed by atoms with van der Waals surface area (Å²) >= 11 is 3.54. The van der Waals surface area contributed by atoms with Crippen LogP contribution in [0.3, 0.4) is 0 Å². The predicted octanol–water partition coefficient (Wildman–Crippen LogP) is 17.8. The van der Waals surface area contributed by atoms with Crippen LogP contribution in [-0.4, -0.2) is 67.0 Å². The minimum Gasteiger partial charge on any atom is -0.423 e. The Labute approximate surface area is 585 Å². The van der Waals surface area contributed by atoms with E-state index in [1.807, 2.05) is 237 Å². The Kier molecular flexibility index (Phi) is 19.1. The molecule has 0 saturated heterocycles. The fourth-order valence-corrected chi connectivity index (χ4v) is 11.4. The third-order valence-corrected chi connectivity index (χ3v) is 16.9. The normalized spacial score (nSPS) is 10.7. The SMILES string of the molecule is Brc1ccc(-c2nc3ccccc3nc2-c2ccc(-c3nc(-c4ccccc4)nc(-c4ccccc4)n3)cc2)cc1.N#Cc1ccc(-c2ccc(-c3nc4ccccc4nc3-c3ccc(-c4nc(-c5ccccc5)nc(-c5ccccc5)n4)cc3)cc2)cc1.N#Cc1ccc(B(O)O)cc1. The fraction of sp³-hybridized carbons (Fsp3) is 0. The molecule has 0 fully saturated rings. The van der Waals surface area contributed by atoms with Crippen LogP contribution in [0.1, 0.15) is 11.1 Å². The lowest BCUT2D eigenvalue weighted by atomic mass is 9.80. The molecule has 0 aliphatic carbocycles. The van der Waals surface area contributed by atoms with Crippen LogP contribution in [0.2, 0.25) is 0 Å². The summed E-state index contributed by atoms with van der Waals surface area (Å²) < 4.78 is 1.02. The summed E-state index contributed by atoms with van der Waals surface area (Å²) in [5.41, 5.74) is 19.6. The number of rotatable bonds is 12. The van der Waals surface area contributed by atoms with Crippen LogP contribution in [0.15, 0.2) is 320 Å². The van der Waals surface area contributed by atoms with Crippen molar-refractivity contribution in [3.63, 3.8) is 0 Å². The maximum absolute atomic E-state index is 9.17. The van der Waals surface area contributed by atoms with Crippen molar-refractivity contribution in [2.24, 2.45) is 0 Å². The van der Waals surface area contributed by atoms with E-state index < -0.39 is 7.12 Å². The number of hydrogen-bond acceptors (Lipinski definition) is 14. The van der Waals surface area contributed by atoms with Crippen molar-refractivity contribution >= 4 is 50.6 Å². The molecule has 472 valence electrons. The lowest BCUT2D eigenvalue weighted by Crippen LogP contribution is -2.29. The summed E-state index contributed by atoms with van der Waals surface area (Å²) in [5, 5.41) is 34.9. The minimum atomic E-state index is -1.46. The third kappa shape index (κ3) is 14.8. The smallest absolute Gasteiger partial charge is 0.423 e. The van der Waals surface area contributed by atoms with Gasteiger partial charge in [0.2, 0.25) is 0 Å². The Bertz CT molecular complexity index is 5510. The Morgan fingerprint density at radius 3 is 0.700 bits per heavy atom. The van der Waals surface area contributed by atoms with E-state index in [-0.39, 0.29) is 0 Å². The van der Waals surface area contributed by atoms with Crippen LogP contribution in [0.25, 0.3) is 147 Å². The summed E-state index contributed by atoms with van der Waals surface area (Å²) in [5.74, 6) is 3.72. The number of benzene rings is 12. The number of hydrogen-bond donors (Lipinski definition) is 2. The monoisotopic (exact) mass is 1350 g/mol. The summed E-state index contributed by atoms with van der Waals surface area (Å²) in [7, 11) is -1.46. The van der Waals surface area contributed by atoms with E-state index in [9.17, 15) is 0 Å². The average molecular weight is 1350 g/mol. The highest BCUT2D eigenvalue weighted by molar-refractivity contribution is 9.10. The molecule has 4 aromatic heterocycles. The van der Waals surface area contributed by atoms with Gasteiger partial charge in [0, 0.05) is 60.1 Å². The highest BCUT2D eigenvalue weighted by Gasteiger charge is 2.19. The van der Waals surface area contributed by atoms with Gasteiger partial charge in [0.1, 0.15) is 0 Å². The first kappa shape index (κ1) is 64.1. The standard InChI is InChI=1S/C42H26N6.C35H22BrN5.C7H6BNO2/c43-27-28-15-17-29(18-16-28)30-19-21-31(22-20-30)38-39(45-37-14-8-7-13-36(37)44-38)32-23-25-35(26-24-32)42-47-40(33-9-3-1-4-10-33)46-41(48-42)34-11-5-2-6-12-34;36-28-21-19-24(20-22-28)32-31(37-29-13-7-8-14-30(29)38-32)23-15-17-27(18-16-23)35-40-33(25-9-3-1-4-10-25)39-34(41-35)26-11-5-2-6-12-26;9-5-6-1-3-7(4-2-6)8(10)11/h1-26H;1-22H;1-4,10-11H. The molecule has 0 atom stereocenters. The molecule has 0 aliphatic heterocycles. The van der Waals surface area contributed by atoms with Crippen LogP contribution in [-0.2, 0) is 0 Å². The second-order valence-electron chi connectivity index (χ2n) is 22.9. The maximum atomic E-state index is 9.17. The molecule has 0 bridgehead atoms. The molecular weight excluding hydrogens is 1300 g/mol. The van der Waals surface area contributed by atoms with E-state index in [0.717, 1.165) is 116 Å². The van der Waals surface area contributed by atoms with Crippen molar-refractivity contribution in [3.8, 4) is 137 Å². The van der Waals surface area contributed by atoms with Crippen molar-refractivity contribution in [1.82, 2.24) is 49.8 Å². The maximum Gasteiger partial charge on any atom is 0.488 e. The largest absolute Gasteiger partial charge is 0.488 e. The highest BCUT2D eigenvalue weighted by Crippen LogP contribution is 2.37. The van der Waals surface area contributed by atoms with Gasteiger partial charge in [0.25, 0.3) is 0 Å². The van der Waals surface area contributed by atoms with E-state index >= 15 is 0 Å². The zero-order valence-corrected chi connectivity index (χ0v) is 54.8. The van der Waals surface area contributed by atoms with E-state index in [2.05, 4.69) is 82.7 Å². The summed E-state index contributed by atoms with van der Waals surface area (Å²) in [6.07, 6.45) is 0. The molecular formula is C84H54BBrN12O2. The Morgan fingerprint density at radius 2 is 0.440 bits per heavy atom. The number of aromatic nitrogens is 10. The van der Waals surface area contributed by atoms with Crippen molar-refractivity contribution in [1.29, 1.82) is 10.5 Å². The minimum absolute atomic E-state index is 0.393. The van der Waals surface area contributed by atoms with Crippen LogP contribution in [0.4, 0.5) is 0 Å². The van der Waals surface area contributed by atoms with Gasteiger partial charge in [0.15, 0.2) is 34.9 Å².